The number of halogens is 2. The number of carbonyl (C=O) groups excluding carboxylic acids is 1. The van der Waals surface area contributed by atoms with Gasteiger partial charge in [-0.25, -0.2) is 28.5 Å². The third kappa shape index (κ3) is 4.99. The van der Waals surface area contributed by atoms with Crippen LogP contribution in [0.1, 0.15) is 5.82 Å². The van der Waals surface area contributed by atoms with Crippen LogP contribution in [0.25, 0.3) is 5.82 Å². The van der Waals surface area contributed by atoms with Gasteiger partial charge in [-0.05, 0) is 43.3 Å². The molecule has 0 saturated carbocycles. The monoisotopic (exact) mass is 421 g/mol. The number of anilines is 4. The maximum Gasteiger partial charge on any atom is 0.323 e. The van der Waals surface area contributed by atoms with Gasteiger partial charge in [0, 0.05) is 35.9 Å². The molecule has 0 saturated heterocycles. The molecule has 8 nitrogen and oxygen atoms in total. The maximum absolute atomic E-state index is 13.6. The molecule has 0 aliphatic rings. The van der Waals surface area contributed by atoms with Crippen molar-refractivity contribution < 1.29 is 13.6 Å². The lowest BCUT2D eigenvalue weighted by Gasteiger charge is -2.11. The van der Waals surface area contributed by atoms with E-state index in [4.69, 9.17) is 0 Å². The number of rotatable bonds is 5. The highest BCUT2D eigenvalue weighted by molar-refractivity contribution is 5.99. The van der Waals surface area contributed by atoms with Crippen molar-refractivity contribution in [2.45, 2.75) is 6.92 Å². The van der Waals surface area contributed by atoms with Gasteiger partial charge in [0.05, 0.1) is 5.69 Å². The molecule has 31 heavy (non-hydrogen) atoms. The zero-order valence-electron chi connectivity index (χ0n) is 16.3. The number of aryl methyl sites for hydroxylation is 1. The highest BCUT2D eigenvalue weighted by Crippen LogP contribution is 2.20. The van der Waals surface area contributed by atoms with Gasteiger partial charge >= 0.3 is 6.03 Å². The van der Waals surface area contributed by atoms with Crippen LogP contribution in [-0.2, 0) is 0 Å². The summed E-state index contributed by atoms with van der Waals surface area (Å²) in [7, 11) is 0. The first kappa shape index (κ1) is 20.0. The van der Waals surface area contributed by atoms with E-state index in [9.17, 15) is 13.6 Å². The number of imidazole rings is 1. The summed E-state index contributed by atoms with van der Waals surface area (Å²) in [6.45, 7) is 1.79. The van der Waals surface area contributed by atoms with E-state index in [1.54, 1.807) is 60.5 Å². The molecule has 3 N–H and O–H groups in total. The molecule has 156 valence electrons. The van der Waals surface area contributed by atoms with Crippen molar-refractivity contribution in [3.63, 3.8) is 0 Å². The SMILES string of the molecule is Cc1nc(Nc2ccc(NC(=O)Nc3cc(F)ccc3F)cc2)cc(-n2ccnc2)n1. The van der Waals surface area contributed by atoms with Crippen LogP contribution in [0.2, 0.25) is 0 Å². The molecular formula is C21H17F2N7O. The minimum Gasteiger partial charge on any atom is -0.340 e. The van der Waals surface area contributed by atoms with E-state index < -0.39 is 17.7 Å². The van der Waals surface area contributed by atoms with Crippen LogP contribution in [-0.4, -0.2) is 25.6 Å². The lowest BCUT2D eigenvalue weighted by molar-refractivity contribution is 0.262. The predicted molar refractivity (Wildman–Crippen MR) is 113 cm³/mol. The van der Waals surface area contributed by atoms with Gasteiger partial charge in [0.2, 0.25) is 0 Å². The van der Waals surface area contributed by atoms with Crippen LogP contribution in [0.5, 0.6) is 0 Å². The Balaban J connectivity index is 1.42. The molecule has 0 aliphatic carbocycles. The molecule has 4 aromatic rings. The molecule has 0 unspecified atom stereocenters. The summed E-state index contributed by atoms with van der Waals surface area (Å²) in [6, 6.07) is 10.7. The Morgan fingerprint density at radius 3 is 2.48 bits per heavy atom. The molecule has 0 atom stereocenters. The maximum atomic E-state index is 13.6. The summed E-state index contributed by atoms with van der Waals surface area (Å²) in [4.78, 5) is 24.8. The van der Waals surface area contributed by atoms with Gasteiger partial charge in [-0.15, -0.1) is 0 Å². The number of benzene rings is 2. The first-order valence-corrected chi connectivity index (χ1v) is 9.20. The second-order valence-corrected chi connectivity index (χ2v) is 6.53. The van der Waals surface area contributed by atoms with E-state index in [2.05, 4.69) is 30.9 Å². The van der Waals surface area contributed by atoms with Gasteiger partial charge in [-0.2, -0.15) is 0 Å². The van der Waals surface area contributed by atoms with Crippen molar-refractivity contribution in [1.29, 1.82) is 0 Å². The van der Waals surface area contributed by atoms with Crippen molar-refractivity contribution in [2.75, 3.05) is 16.0 Å². The van der Waals surface area contributed by atoms with Crippen LogP contribution in [0.4, 0.5) is 36.5 Å². The average Bonchev–Trinajstić information content (AvgIpc) is 3.27. The van der Waals surface area contributed by atoms with Crippen molar-refractivity contribution in [1.82, 2.24) is 19.5 Å². The number of amides is 2. The number of hydrogen-bond donors (Lipinski definition) is 3. The van der Waals surface area contributed by atoms with E-state index >= 15 is 0 Å². The molecule has 2 heterocycles. The zero-order chi connectivity index (χ0) is 21.8. The predicted octanol–water partition coefficient (Wildman–Crippen LogP) is 4.64. The lowest BCUT2D eigenvalue weighted by atomic mass is 10.2. The zero-order valence-corrected chi connectivity index (χ0v) is 16.3. The fourth-order valence-corrected chi connectivity index (χ4v) is 2.81. The van der Waals surface area contributed by atoms with Crippen molar-refractivity contribution in [3.8, 4) is 5.82 Å². The third-order valence-corrected chi connectivity index (χ3v) is 4.19. The number of aromatic nitrogens is 4. The Morgan fingerprint density at radius 1 is 0.968 bits per heavy atom. The average molecular weight is 421 g/mol. The van der Waals surface area contributed by atoms with E-state index in [1.165, 1.54) is 0 Å². The second-order valence-electron chi connectivity index (χ2n) is 6.53. The summed E-state index contributed by atoms with van der Waals surface area (Å²) in [5, 5.41) is 8.01. The topological polar surface area (TPSA) is 96.8 Å². The quantitative estimate of drug-likeness (QED) is 0.436. The Kier molecular flexibility index (Phi) is 5.52. The Labute approximate surface area is 176 Å². The number of carbonyl (C=O) groups is 1. The first-order chi connectivity index (χ1) is 15.0. The van der Waals surface area contributed by atoms with Crippen molar-refractivity contribution in [2.24, 2.45) is 0 Å². The molecule has 0 bridgehead atoms. The third-order valence-electron chi connectivity index (χ3n) is 4.19. The van der Waals surface area contributed by atoms with E-state index in [0.717, 1.165) is 23.9 Å². The van der Waals surface area contributed by atoms with Gasteiger partial charge < -0.3 is 16.0 Å². The molecule has 10 heteroatoms. The molecule has 2 aromatic carbocycles. The normalized spacial score (nSPS) is 10.5. The first-order valence-electron chi connectivity index (χ1n) is 9.20. The van der Waals surface area contributed by atoms with Crippen LogP contribution in [0.3, 0.4) is 0 Å². The van der Waals surface area contributed by atoms with Gasteiger partial charge in [0.25, 0.3) is 0 Å². The minimum atomic E-state index is -0.730. The van der Waals surface area contributed by atoms with Crippen LogP contribution < -0.4 is 16.0 Å². The van der Waals surface area contributed by atoms with Crippen LogP contribution in [0, 0.1) is 18.6 Å². The largest absolute Gasteiger partial charge is 0.340 e. The Morgan fingerprint density at radius 2 is 1.74 bits per heavy atom. The van der Waals surface area contributed by atoms with Crippen LogP contribution in [0.15, 0.2) is 67.3 Å². The Bertz CT molecular complexity index is 1210. The van der Waals surface area contributed by atoms with Crippen molar-refractivity contribution in [3.05, 3.63) is 84.7 Å². The summed E-state index contributed by atoms with van der Waals surface area (Å²) in [5.74, 6) is 0.478. The molecule has 0 fully saturated rings. The standard InChI is InChI=1S/C21H17F2N7O/c1-13-25-19(11-20(26-13)30-9-8-24-12-30)27-15-3-5-16(6-4-15)28-21(31)29-18-10-14(22)2-7-17(18)23/h2-12H,1H3,(H,25,26,27)(H2,28,29,31). The molecule has 4 rings (SSSR count). The number of nitrogens with one attached hydrogen (secondary N) is 3. The highest BCUT2D eigenvalue weighted by Gasteiger charge is 2.09. The summed E-state index contributed by atoms with van der Waals surface area (Å²) >= 11 is 0. The number of nitrogens with zero attached hydrogens (tertiary/aromatic N) is 4. The van der Waals surface area contributed by atoms with E-state index in [0.29, 0.717) is 23.1 Å². The van der Waals surface area contributed by atoms with Gasteiger partial charge in [-0.3, -0.25) is 4.57 Å². The fourth-order valence-electron chi connectivity index (χ4n) is 2.81. The van der Waals surface area contributed by atoms with Gasteiger partial charge in [0.15, 0.2) is 0 Å². The minimum absolute atomic E-state index is 0.247. The summed E-state index contributed by atoms with van der Waals surface area (Å²) in [6.07, 6.45) is 5.09. The Hall–Kier alpha value is -4.34. The van der Waals surface area contributed by atoms with Crippen molar-refractivity contribution >= 4 is 28.9 Å². The van der Waals surface area contributed by atoms with E-state index in [-0.39, 0.29) is 5.69 Å². The fraction of sp³-hybridized carbons (Fsp3) is 0.0476. The molecule has 0 aliphatic heterocycles. The summed E-state index contributed by atoms with van der Waals surface area (Å²) < 4.78 is 28.6. The van der Waals surface area contributed by atoms with Crippen LogP contribution >= 0.6 is 0 Å². The number of urea groups is 1. The van der Waals surface area contributed by atoms with E-state index in [1.807, 2.05) is 0 Å². The highest BCUT2D eigenvalue weighted by atomic mass is 19.1. The second kappa shape index (κ2) is 8.57. The molecule has 0 spiro atoms. The molecular weight excluding hydrogens is 404 g/mol. The lowest BCUT2D eigenvalue weighted by Crippen LogP contribution is -2.20. The van der Waals surface area contributed by atoms with Gasteiger partial charge in [-0.1, -0.05) is 0 Å². The molecule has 0 radical (unpaired) electrons. The molecule has 2 amide bonds. The van der Waals surface area contributed by atoms with Gasteiger partial charge in [0.1, 0.15) is 35.4 Å². The summed E-state index contributed by atoms with van der Waals surface area (Å²) in [5.41, 5.74) is 0.957. The molecule has 2 aromatic heterocycles. The number of hydrogen-bond acceptors (Lipinski definition) is 5. The smallest absolute Gasteiger partial charge is 0.323 e.